The molecular weight excluding hydrogens is 296 g/mol. The van der Waals surface area contributed by atoms with E-state index < -0.39 is 11.6 Å². The normalized spacial score (nSPS) is 15.6. The highest BCUT2D eigenvalue weighted by Crippen LogP contribution is 2.24. The van der Waals surface area contributed by atoms with Crippen molar-refractivity contribution in [2.24, 2.45) is 0 Å². The number of hydrogen-bond acceptors (Lipinski definition) is 3. The molecule has 0 saturated carbocycles. The third kappa shape index (κ3) is 3.21. The van der Waals surface area contributed by atoms with Crippen molar-refractivity contribution >= 4 is 17.9 Å². The summed E-state index contributed by atoms with van der Waals surface area (Å²) < 4.78 is 0. The Labute approximate surface area is 135 Å². The first kappa shape index (κ1) is 17.0. The Morgan fingerprint density at radius 3 is 2.04 bits per heavy atom. The maximum atomic E-state index is 12.3. The molecule has 0 spiro atoms. The predicted octanol–water partition coefficient (Wildman–Crippen LogP) is 2.84. The van der Waals surface area contributed by atoms with Gasteiger partial charge in [0.1, 0.15) is 0 Å². The van der Waals surface area contributed by atoms with Gasteiger partial charge in [-0.25, -0.2) is 4.79 Å². The standard InChI is InChI=1S/C17H22N2O4/c1-11(19(16(22)23)17(2,3)4)9-10-18-14(20)12-7-5-6-8-13(12)15(18)21/h5-8,11H,9-10H2,1-4H3,(H,22,23). The zero-order valence-electron chi connectivity index (χ0n) is 13.9. The van der Waals surface area contributed by atoms with Gasteiger partial charge in [0.15, 0.2) is 0 Å². The van der Waals surface area contributed by atoms with Crippen molar-refractivity contribution < 1.29 is 19.5 Å². The smallest absolute Gasteiger partial charge is 0.407 e. The molecule has 1 N–H and O–H groups in total. The van der Waals surface area contributed by atoms with E-state index in [2.05, 4.69) is 0 Å². The second-order valence-corrected chi connectivity index (χ2v) is 6.77. The lowest BCUT2D eigenvalue weighted by atomic mass is 10.0. The highest BCUT2D eigenvalue weighted by molar-refractivity contribution is 6.21. The third-order valence-electron chi connectivity index (χ3n) is 4.02. The van der Waals surface area contributed by atoms with Gasteiger partial charge in [-0.15, -0.1) is 0 Å². The summed E-state index contributed by atoms with van der Waals surface area (Å²) >= 11 is 0. The van der Waals surface area contributed by atoms with Gasteiger partial charge in [0, 0.05) is 18.1 Å². The highest BCUT2D eigenvalue weighted by Gasteiger charge is 2.36. The Morgan fingerprint density at radius 1 is 1.17 bits per heavy atom. The van der Waals surface area contributed by atoms with E-state index in [4.69, 9.17) is 0 Å². The molecule has 124 valence electrons. The van der Waals surface area contributed by atoms with Gasteiger partial charge in [0.05, 0.1) is 11.1 Å². The van der Waals surface area contributed by atoms with Crippen LogP contribution in [0.5, 0.6) is 0 Å². The number of imide groups is 1. The minimum Gasteiger partial charge on any atom is -0.465 e. The summed E-state index contributed by atoms with van der Waals surface area (Å²) in [5, 5.41) is 9.40. The fourth-order valence-electron chi connectivity index (χ4n) is 3.02. The fourth-order valence-corrected chi connectivity index (χ4v) is 3.02. The van der Waals surface area contributed by atoms with Crippen LogP contribution in [0, 0.1) is 0 Å². The summed E-state index contributed by atoms with van der Waals surface area (Å²) in [6.07, 6.45) is -0.609. The van der Waals surface area contributed by atoms with E-state index in [0.29, 0.717) is 17.5 Å². The Hall–Kier alpha value is -2.37. The molecule has 1 aromatic carbocycles. The van der Waals surface area contributed by atoms with Crippen molar-refractivity contribution in [3.05, 3.63) is 35.4 Å². The van der Waals surface area contributed by atoms with E-state index in [1.54, 1.807) is 31.2 Å². The van der Waals surface area contributed by atoms with Crippen LogP contribution in [0.2, 0.25) is 0 Å². The first-order chi connectivity index (χ1) is 10.6. The molecule has 1 aromatic rings. The van der Waals surface area contributed by atoms with Gasteiger partial charge >= 0.3 is 6.09 Å². The number of amides is 3. The van der Waals surface area contributed by atoms with Crippen molar-refractivity contribution in [3.63, 3.8) is 0 Å². The molecule has 1 aliphatic rings. The molecule has 6 heteroatoms. The molecule has 3 amide bonds. The molecule has 0 fully saturated rings. The van der Waals surface area contributed by atoms with Gasteiger partial charge in [-0.2, -0.15) is 0 Å². The molecule has 0 bridgehead atoms. The number of benzene rings is 1. The van der Waals surface area contributed by atoms with Crippen LogP contribution in [0.1, 0.15) is 54.8 Å². The van der Waals surface area contributed by atoms with E-state index in [0.717, 1.165) is 0 Å². The summed E-state index contributed by atoms with van der Waals surface area (Å²) in [5.41, 5.74) is 0.278. The summed E-state index contributed by atoms with van der Waals surface area (Å²) in [6, 6.07) is 6.41. The zero-order valence-corrected chi connectivity index (χ0v) is 13.9. The second-order valence-electron chi connectivity index (χ2n) is 6.77. The molecule has 1 aliphatic heterocycles. The number of nitrogens with zero attached hydrogens (tertiary/aromatic N) is 2. The van der Waals surface area contributed by atoms with Crippen LogP contribution in [0.3, 0.4) is 0 Å². The molecule has 6 nitrogen and oxygen atoms in total. The topological polar surface area (TPSA) is 77.9 Å². The Bertz CT molecular complexity index is 613. The molecule has 2 rings (SSSR count). The molecule has 0 radical (unpaired) electrons. The van der Waals surface area contributed by atoms with E-state index in [-0.39, 0.29) is 24.4 Å². The SMILES string of the molecule is CC(CCN1C(=O)c2ccccc2C1=O)N(C(=O)O)C(C)(C)C. The minimum absolute atomic E-state index is 0.202. The van der Waals surface area contributed by atoms with Crippen molar-refractivity contribution in [2.45, 2.75) is 45.7 Å². The summed E-state index contributed by atoms with van der Waals surface area (Å²) in [7, 11) is 0. The molecular formula is C17H22N2O4. The van der Waals surface area contributed by atoms with Gasteiger partial charge in [-0.05, 0) is 46.2 Å². The van der Waals surface area contributed by atoms with Crippen LogP contribution < -0.4 is 0 Å². The van der Waals surface area contributed by atoms with Crippen LogP contribution in [0.15, 0.2) is 24.3 Å². The lowest BCUT2D eigenvalue weighted by Crippen LogP contribution is -2.51. The number of fused-ring (bicyclic) bond motifs is 1. The van der Waals surface area contributed by atoms with Crippen LogP contribution in [0.25, 0.3) is 0 Å². The molecule has 1 heterocycles. The molecule has 23 heavy (non-hydrogen) atoms. The van der Waals surface area contributed by atoms with Crippen LogP contribution in [-0.4, -0.2) is 50.9 Å². The Morgan fingerprint density at radius 2 is 1.65 bits per heavy atom. The van der Waals surface area contributed by atoms with Crippen molar-refractivity contribution in [1.29, 1.82) is 0 Å². The number of rotatable bonds is 4. The quantitative estimate of drug-likeness (QED) is 0.866. The second kappa shape index (κ2) is 6.02. The van der Waals surface area contributed by atoms with E-state index in [1.165, 1.54) is 9.80 Å². The van der Waals surface area contributed by atoms with Crippen LogP contribution in [-0.2, 0) is 0 Å². The number of carbonyl (C=O) groups is 3. The third-order valence-corrected chi connectivity index (χ3v) is 4.02. The van der Waals surface area contributed by atoms with Gasteiger partial charge in [0.25, 0.3) is 11.8 Å². The van der Waals surface area contributed by atoms with E-state index in [9.17, 15) is 19.5 Å². The highest BCUT2D eigenvalue weighted by atomic mass is 16.4. The van der Waals surface area contributed by atoms with Gasteiger partial charge in [-0.3, -0.25) is 14.5 Å². The summed E-state index contributed by atoms with van der Waals surface area (Å²) in [5.74, 6) is -0.620. The van der Waals surface area contributed by atoms with E-state index in [1.807, 2.05) is 20.8 Å². The van der Waals surface area contributed by atoms with Crippen LogP contribution >= 0.6 is 0 Å². The number of carbonyl (C=O) groups excluding carboxylic acids is 2. The van der Waals surface area contributed by atoms with Crippen molar-refractivity contribution in [3.8, 4) is 0 Å². The lowest BCUT2D eigenvalue weighted by Gasteiger charge is -2.38. The van der Waals surface area contributed by atoms with Gasteiger partial charge in [-0.1, -0.05) is 12.1 Å². The maximum absolute atomic E-state index is 12.3. The monoisotopic (exact) mass is 318 g/mol. The first-order valence-electron chi connectivity index (χ1n) is 7.62. The average molecular weight is 318 g/mol. The average Bonchev–Trinajstić information content (AvgIpc) is 2.67. The van der Waals surface area contributed by atoms with Gasteiger partial charge in [0.2, 0.25) is 0 Å². The summed E-state index contributed by atoms with van der Waals surface area (Å²) in [6.45, 7) is 7.45. The predicted molar refractivity (Wildman–Crippen MR) is 85.5 cm³/mol. The molecule has 1 atom stereocenters. The fraction of sp³-hybridized carbons (Fsp3) is 0.471. The summed E-state index contributed by atoms with van der Waals surface area (Å²) in [4.78, 5) is 38.6. The maximum Gasteiger partial charge on any atom is 0.407 e. The Kier molecular flexibility index (Phi) is 4.45. The first-order valence-corrected chi connectivity index (χ1v) is 7.62. The van der Waals surface area contributed by atoms with Crippen LogP contribution in [0.4, 0.5) is 4.79 Å². The van der Waals surface area contributed by atoms with Crippen molar-refractivity contribution in [1.82, 2.24) is 9.80 Å². The minimum atomic E-state index is -1.01. The molecule has 0 aliphatic carbocycles. The molecule has 0 saturated heterocycles. The van der Waals surface area contributed by atoms with Crippen molar-refractivity contribution in [2.75, 3.05) is 6.54 Å². The number of carboxylic acid groups (broad SMARTS) is 1. The Balaban J connectivity index is 2.09. The lowest BCUT2D eigenvalue weighted by molar-refractivity contribution is 0.0583. The molecule has 1 unspecified atom stereocenters. The van der Waals surface area contributed by atoms with Gasteiger partial charge < -0.3 is 10.0 Å². The molecule has 0 aromatic heterocycles. The van der Waals surface area contributed by atoms with E-state index >= 15 is 0 Å². The zero-order chi connectivity index (χ0) is 17.4. The number of hydrogen-bond donors (Lipinski definition) is 1. The largest absolute Gasteiger partial charge is 0.465 e.